The van der Waals surface area contributed by atoms with Crippen LogP contribution >= 0.6 is 0 Å². The lowest BCUT2D eigenvalue weighted by atomic mass is 10.3. The number of ether oxygens (including phenoxy) is 2. The summed E-state index contributed by atoms with van der Waals surface area (Å²) in [4.78, 5) is 20.7. The molecule has 0 aromatic heterocycles. The molecule has 0 unspecified atom stereocenters. The molecule has 1 aliphatic rings. The zero-order valence-electron chi connectivity index (χ0n) is 10.3. The minimum absolute atomic E-state index is 0.317. The molecule has 0 spiro atoms. The van der Waals surface area contributed by atoms with Crippen LogP contribution in [0.3, 0.4) is 0 Å². The minimum Gasteiger partial charge on any atom is -0.451 e. The molecule has 1 fully saturated rings. The second kappa shape index (κ2) is 6.68. The minimum atomic E-state index is -0.351. The van der Waals surface area contributed by atoms with Crippen molar-refractivity contribution in [1.82, 2.24) is 0 Å². The molecule has 1 rings (SSSR count). The SMILES string of the molecule is C=CC1(OC(=O)C(=C)C)CC1.C=COC(C)=O. The average Bonchev–Trinajstić information content (AvgIpc) is 2.99. The highest BCUT2D eigenvalue weighted by Gasteiger charge is 2.43. The van der Waals surface area contributed by atoms with E-state index in [-0.39, 0.29) is 17.5 Å². The van der Waals surface area contributed by atoms with Gasteiger partial charge in [-0.25, -0.2) is 4.79 Å². The Morgan fingerprint density at radius 3 is 1.94 bits per heavy atom. The lowest BCUT2D eigenvalue weighted by Crippen LogP contribution is -2.16. The van der Waals surface area contributed by atoms with E-state index in [0.717, 1.165) is 19.1 Å². The summed E-state index contributed by atoms with van der Waals surface area (Å²) >= 11 is 0. The normalized spacial score (nSPS) is 14.5. The van der Waals surface area contributed by atoms with Gasteiger partial charge in [-0.1, -0.05) is 19.7 Å². The molecule has 17 heavy (non-hydrogen) atoms. The molecule has 0 heterocycles. The Bertz CT molecular complexity index is 337. The van der Waals surface area contributed by atoms with Crippen molar-refractivity contribution in [3.8, 4) is 0 Å². The van der Waals surface area contributed by atoms with Crippen LogP contribution in [-0.4, -0.2) is 17.5 Å². The van der Waals surface area contributed by atoms with Gasteiger partial charge < -0.3 is 9.47 Å². The quantitative estimate of drug-likeness (QED) is 0.327. The monoisotopic (exact) mass is 238 g/mol. The number of rotatable bonds is 4. The van der Waals surface area contributed by atoms with Gasteiger partial charge in [-0.2, -0.15) is 0 Å². The van der Waals surface area contributed by atoms with Crippen molar-refractivity contribution in [3.63, 3.8) is 0 Å². The second-order valence-electron chi connectivity index (χ2n) is 3.71. The van der Waals surface area contributed by atoms with E-state index in [9.17, 15) is 9.59 Å². The first-order valence-corrected chi connectivity index (χ1v) is 5.17. The summed E-state index contributed by atoms with van der Waals surface area (Å²) in [5.41, 5.74) is 0.0916. The van der Waals surface area contributed by atoms with Crippen LogP contribution in [0.2, 0.25) is 0 Å². The lowest BCUT2D eigenvalue weighted by Gasteiger charge is -2.10. The molecular formula is C13H18O4. The summed E-state index contributed by atoms with van der Waals surface area (Å²) in [7, 11) is 0. The second-order valence-corrected chi connectivity index (χ2v) is 3.71. The third kappa shape index (κ3) is 6.35. The Kier molecular flexibility index (Phi) is 5.96. The first-order valence-electron chi connectivity index (χ1n) is 5.17. The largest absolute Gasteiger partial charge is 0.451 e. The van der Waals surface area contributed by atoms with Gasteiger partial charge in [0.2, 0.25) is 0 Å². The molecule has 0 bridgehead atoms. The molecule has 0 N–H and O–H groups in total. The maximum Gasteiger partial charge on any atom is 0.333 e. The molecule has 1 aliphatic carbocycles. The summed E-state index contributed by atoms with van der Waals surface area (Å²) in [6.45, 7) is 13.2. The number of esters is 2. The summed E-state index contributed by atoms with van der Waals surface area (Å²) in [5.74, 6) is -0.646. The molecule has 0 aromatic carbocycles. The van der Waals surface area contributed by atoms with Gasteiger partial charge >= 0.3 is 11.9 Å². The van der Waals surface area contributed by atoms with Crippen molar-refractivity contribution in [2.24, 2.45) is 0 Å². The van der Waals surface area contributed by atoms with E-state index in [2.05, 4.69) is 24.5 Å². The van der Waals surface area contributed by atoms with Crippen molar-refractivity contribution in [2.75, 3.05) is 0 Å². The van der Waals surface area contributed by atoms with E-state index >= 15 is 0 Å². The van der Waals surface area contributed by atoms with Crippen LogP contribution < -0.4 is 0 Å². The highest BCUT2D eigenvalue weighted by atomic mass is 16.6. The van der Waals surface area contributed by atoms with E-state index in [1.54, 1.807) is 13.0 Å². The molecule has 0 radical (unpaired) electrons. The van der Waals surface area contributed by atoms with Gasteiger partial charge in [0.15, 0.2) is 0 Å². The number of hydrogen-bond acceptors (Lipinski definition) is 4. The molecule has 1 saturated carbocycles. The first-order chi connectivity index (χ1) is 7.87. The van der Waals surface area contributed by atoms with Crippen LogP contribution in [0, 0.1) is 0 Å². The standard InChI is InChI=1S/C9H12O2.C4H6O2/c1-4-9(5-6-9)11-8(10)7(2)3;1-3-6-4(2)5/h4H,1-2,5-6H2,3H3;3H,1H2,2H3. The molecule has 0 aromatic rings. The number of hydrogen-bond donors (Lipinski definition) is 0. The fourth-order valence-electron chi connectivity index (χ4n) is 0.860. The molecule has 4 heteroatoms. The molecule has 4 nitrogen and oxygen atoms in total. The Hall–Kier alpha value is -1.84. The number of carbonyl (C=O) groups is 2. The average molecular weight is 238 g/mol. The van der Waals surface area contributed by atoms with Crippen LogP contribution in [0.25, 0.3) is 0 Å². The first kappa shape index (κ1) is 15.2. The maximum atomic E-state index is 11.0. The van der Waals surface area contributed by atoms with E-state index in [1.165, 1.54) is 6.92 Å². The summed E-state index contributed by atoms with van der Waals surface area (Å²) in [6.07, 6.45) is 4.58. The Balaban J connectivity index is 0.000000366. The van der Waals surface area contributed by atoms with Gasteiger partial charge in [-0.15, -0.1) is 0 Å². The molecule has 0 amide bonds. The van der Waals surface area contributed by atoms with Crippen molar-refractivity contribution in [3.05, 3.63) is 37.6 Å². The van der Waals surface area contributed by atoms with Gasteiger partial charge in [-0.05, 0) is 25.8 Å². The topological polar surface area (TPSA) is 52.6 Å². The van der Waals surface area contributed by atoms with E-state index in [0.29, 0.717) is 5.57 Å². The predicted octanol–water partition coefficient (Wildman–Crippen LogP) is 2.52. The smallest absolute Gasteiger partial charge is 0.333 e. The Morgan fingerprint density at radius 1 is 1.24 bits per heavy atom. The third-order valence-electron chi connectivity index (χ3n) is 2.01. The summed E-state index contributed by atoms with van der Waals surface area (Å²) in [6, 6.07) is 0. The Labute approximate surface area is 102 Å². The van der Waals surface area contributed by atoms with Gasteiger partial charge in [-0.3, -0.25) is 4.79 Å². The van der Waals surface area contributed by atoms with Crippen molar-refractivity contribution < 1.29 is 19.1 Å². The van der Waals surface area contributed by atoms with E-state index < -0.39 is 0 Å². The van der Waals surface area contributed by atoms with Gasteiger partial charge in [0.05, 0.1) is 6.26 Å². The molecule has 94 valence electrons. The molecule has 0 atom stereocenters. The van der Waals surface area contributed by atoms with Crippen molar-refractivity contribution >= 4 is 11.9 Å². The van der Waals surface area contributed by atoms with E-state index in [1.807, 2.05) is 0 Å². The fraction of sp³-hybridized carbons (Fsp3) is 0.385. The summed E-state index contributed by atoms with van der Waals surface area (Å²) < 4.78 is 9.27. The summed E-state index contributed by atoms with van der Waals surface area (Å²) in [5, 5.41) is 0. The van der Waals surface area contributed by atoms with Gasteiger partial charge in [0, 0.05) is 12.5 Å². The van der Waals surface area contributed by atoms with Crippen molar-refractivity contribution in [2.45, 2.75) is 32.3 Å². The van der Waals surface area contributed by atoms with Crippen molar-refractivity contribution in [1.29, 1.82) is 0 Å². The van der Waals surface area contributed by atoms with Crippen LogP contribution in [-0.2, 0) is 19.1 Å². The van der Waals surface area contributed by atoms with Crippen LogP contribution in [0.1, 0.15) is 26.7 Å². The number of carbonyl (C=O) groups excluding carboxylic acids is 2. The highest BCUT2D eigenvalue weighted by molar-refractivity contribution is 5.87. The maximum absolute atomic E-state index is 11.0. The Morgan fingerprint density at radius 2 is 1.76 bits per heavy atom. The predicted molar refractivity (Wildman–Crippen MR) is 65.0 cm³/mol. The van der Waals surface area contributed by atoms with Gasteiger partial charge in [0.1, 0.15) is 5.60 Å². The molecule has 0 saturated heterocycles. The van der Waals surface area contributed by atoms with Gasteiger partial charge in [0.25, 0.3) is 0 Å². The highest BCUT2D eigenvalue weighted by Crippen LogP contribution is 2.40. The molecule has 0 aliphatic heterocycles. The van der Waals surface area contributed by atoms with E-state index in [4.69, 9.17) is 4.74 Å². The lowest BCUT2D eigenvalue weighted by molar-refractivity contribution is -0.143. The fourth-order valence-corrected chi connectivity index (χ4v) is 0.860. The zero-order chi connectivity index (χ0) is 13.5. The van der Waals surface area contributed by atoms with Crippen LogP contribution in [0.5, 0.6) is 0 Å². The zero-order valence-corrected chi connectivity index (χ0v) is 10.3. The molecular weight excluding hydrogens is 220 g/mol. The van der Waals surface area contributed by atoms with Crippen LogP contribution in [0.4, 0.5) is 0 Å². The van der Waals surface area contributed by atoms with Crippen LogP contribution in [0.15, 0.2) is 37.6 Å². The third-order valence-corrected chi connectivity index (χ3v) is 2.01.